The van der Waals surface area contributed by atoms with Gasteiger partial charge in [0.2, 0.25) is 0 Å². The summed E-state index contributed by atoms with van der Waals surface area (Å²) in [6.45, 7) is 2.08. The third-order valence-electron chi connectivity index (χ3n) is 3.46. The molecule has 0 fully saturated rings. The first-order valence-electron chi connectivity index (χ1n) is 9.28. The van der Waals surface area contributed by atoms with Gasteiger partial charge < -0.3 is 5.11 Å². The molecule has 4 nitrogen and oxygen atoms in total. The standard InChI is InChI=1S/C22H32O4/c1-2-3-15-18-21(26-25)19-16-13-11-9-7-5-4-6-8-10-12-14-17-20-22(23)24/h3,5-8,11,13,15,21,25H,2,4,9-10,16-20H2,1H3,(H,23,24)/t21-/m0/s1. The summed E-state index contributed by atoms with van der Waals surface area (Å²) in [6.07, 6.45) is 22.9. The van der Waals surface area contributed by atoms with E-state index in [9.17, 15) is 4.79 Å². The summed E-state index contributed by atoms with van der Waals surface area (Å²) < 4.78 is 0. The number of aliphatic carboxylic acids is 1. The molecule has 4 heteroatoms. The van der Waals surface area contributed by atoms with Crippen molar-refractivity contribution in [3.05, 3.63) is 48.6 Å². The van der Waals surface area contributed by atoms with Crippen molar-refractivity contribution in [1.29, 1.82) is 0 Å². The Bertz CT molecular complexity index is 518. The Kier molecular flexibility index (Phi) is 17.7. The molecule has 144 valence electrons. The minimum absolute atomic E-state index is 0.108. The molecule has 0 aromatic heterocycles. The average molecular weight is 360 g/mol. The van der Waals surface area contributed by atoms with Crippen LogP contribution in [-0.2, 0) is 9.68 Å². The lowest BCUT2D eigenvalue weighted by atomic mass is 10.1. The number of rotatable bonds is 14. The van der Waals surface area contributed by atoms with Crippen LogP contribution in [-0.4, -0.2) is 22.4 Å². The predicted molar refractivity (Wildman–Crippen MR) is 107 cm³/mol. The fourth-order valence-corrected chi connectivity index (χ4v) is 2.04. The summed E-state index contributed by atoms with van der Waals surface area (Å²) in [4.78, 5) is 14.8. The highest BCUT2D eigenvalue weighted by molar-refractivity contribution is 5.66. The van der Waals surface area contributed by atoms with Gasteiger partial charge in [0.1, 0.15) is 0 Å². The lowest BCUT2D eigenvalue weighted by Gasteiger charge is -2.08. The van der Waals surface area contributed by atoms with E-state index in [1.165, 1.54) is 0 Å². The number of hydrogen-bond donors (Lipinski definition) is 2. The van der Waals surface area contributed by atoms with Gasteiger partial charge in [-0.05, 0) is 38.5 Å². The summed E-state index contributed by atoms with van der Waals surface area (Å²) in [5.74, 6) is 4.96. The number of allylic oxidation sites excluding steroid dienone is 7. The molecule has 0 bridgehead atoms. The molecule has 0 aliphatic heterocycles. The second-order valence-corrected chi connectivity index (χ2v) is 5.76. The van der Waals surface area contributed by atoms with Crippen molar-refractivity contribution < 1.29 is 20.0 Å². The maximum absolute atomic E-state index is 10.3. The van der Waals surface area contributed by atoms with Gasteiger partial charge in [0.25, 0.3) is 0 Å². The van der Waals surface area contributed by atoms with Crippen LogP contribution >= 0.6 is 0 Å². The van der Waals surface area contributed by atoms with E-state index in [2.05, 4.69) is 60.1 Å². The molecule has 0 heterocycles. The summed E-state index contributed by atoms with van der Waals surface area (Å²) in [5, 5.41) is 17.3. The molecule has 26 heavy (non-hydrogen) atoms. The molecule has 0 radical (unpaired) electrons. The van der Waals surface area contributed by atoms with Gasteiger partial charge in [0, 0.05) is 12.8 Å². The minimum Gasteiger partial charge on any atom is -0.481 e. The van der Waals surface area contributed by atoms with E-state index in [-0.39, 0.29) is 12.5 Å². The minimum atomic E-state index is -0.806. The Hall–Kier alpha value is -2.09. The van der Waals surface area contributed by atoms with Crippen LogP contribution in [0, 0.1) is 11.8 Å². The second-order valence-electron chi connectivity index (χ2n) is 5.76. The van der Waals surface area contributed by atoms with Crippen molar-refractivity contribution in [2.45, 2.75) is 70.8 Å². The van der Waals surface area contributed by atoms with E-state index in [1.54, 1.807) is 0 Å². The van der Waals surface area contributed by atoms with E-state index in [0.717, 1.165) is 38.5 Å². The summed E-state index contributed by atoms with van der Waals surface area (Å²) in [7, 11) is 0. The highest BCUT2D eigenvalue weighted by atomic mass is 17.1. The summed E-state index contributed by atoms with van der Waals surface area (Å²) in [5.41, 5.74) is 0. The van der Waals surface area contributed by atoms with Gasteiger partial charge >= 0.3 is 5.97 Å². The molecule has 0 amide bonds. The van der Waals surface area contributed by atoms with E-state index in [4.69, 9.17) is 10.4 Å². The first-order valence-corrected chi connectivity index (χ1v) is 9.28. The van der Waals surface area contributed by atoms with Crippen molar-refractivity contribution in [3.63, 3.8) is 0 Å². The Morgan fingerprint density at radius 1 is 1.00 bits per heavy atom. The molecule has 0 unspecified atom stereocenters. The van der Waals surface area contributed by atoms with Crippen LogP contribution in [0.15, 0.2) is 48.6 Å². The Morgan fingerprint density at radius 2 is 1.69 bits per heavy atom. The molecule has 1 atom stereocenters. The molecule has 0 aliphatic carbocycles. The van der Waals surface area contributed by atoms with E-state index in [0.29, 0.717) is 12.8 Å². The van der Waals surface area contributed by atoms with Crippen molar-refractivity contribution in [1.82, 2.24) is 0 Å². The maximum Gasteiger partial charge on any atom is 0.304 e. The average Bonchev–Trinajstić information content (AvgIpc) is 2.63. The predicted octanol–water partition coefficient (Wildman–Crippen LogP) is 5.69. The molecule has 0 rings (SSSR count). The zero-order chi connectivity index (χ0) is 19.3. The monoisotopic (exact) mass is 360 g/mol. The van der Waals surface area contributed by atoms with Crippen LogP contribution in [0.4, 0.5) is 0 Å². The zero-order valence-corrected chi connectivity index (χ0v) is 15.8. The van der Waals surface area contributed by atoms with E-state index < -0.39 is 5.97 Å². The van der Waals surface area contributed by atoms with Crippen LogP contribution in [0.5, 0.6) is 0 Å². The van der Waals surface area contributed by atoms with Crippen LogP contribution < -0.4 is 0 Å². The number of carbonyl (C=O) groups is 1. The van der Waals surface area contributed by atoms with Crippen LogP contribution in [0.3, 0.4) is 0 Å². The van der Waals surface area contributed by atoms with Gasteiger partial charge in [-0.25, -0.2) is 4.89 Å². The fraction of sp³-hybridized carbons (Fsp3) is 0.500. The van der Waals surface area contributed by atoms with Gasteiger partial charge in [-0.15, -0.1) is 5.92 Å². The van der Waals surface area contributed by atoms with E-state index in [1.807, 2.05) is 12.2 Å². The molecule has 0 spiro atoms. The van der Waals surface area contributed by atoms with Gasteiger partial charge in [0.05, 0.1) is 12.5 Å². The van der Waals surface area contributed by atoms with E-state index >= 15 is 0 Å². The van der Waals surface area contributed by atoms with Crippen molar-refractivity contribution >= 4 is 5.97 Å². The first kappa shape index (κ1) is 23.9. The second kappa shape index (κ2) is 19.2. The number of carboxylic acids is 1. The molecular weight excluding hydrogens is 328 g/mol. The van der Waals surface area contributed by atoms with Gasteiger partial charge in [-0.1, -0.05) is 61.5 Å². The molecule has 0 saturated carbocycles. The maximum atomic E-state index is 10.3. The fourth-order valence-electron chi connectivity index (χ4n) is 2.04. The Labute approximate surface area is 157 Å². The van der Waals surface area contributed by atoms with Crippen molar-refractivity contribution in [2.24, 2.45) is 0 Å². The van der Waals surface area contributed by atoms with Crippen molar-refractivity contribution in [2.75, 3.05) is 0 Å². The Balaban J connectivity index is 3.67. The third kappa shape index (κ3) is 18.3. The highest BCUT2D eigenvalue weighted by Crippen LogP contribution is 2.08. The lowest BCUT2D eigenvalue weighted by Crippen LogP contribution is -2.08. The normalized spacial score (nSPS) is 13.0. The van der Waals surface area contributed by atoms with Gasteiger partial charge in [-0.3, -0.25) is 10.1 Å². The largest absolute Gasteiger partial charge is 0.481 e. The topological polar surface area (TPSA) is 66.8 Å². The van der Waals surface area contributed by atoms with Crippen LogP contribution in [0.25, 0.3) is 0 Å². The third-order valence-corrected chi connectivity index (χ3v) is 3.46. The van der Waals surface area contributed by atoms with Crippen molar-refractivity contribution in [3.8, 4) is 11.8 Å². The zero-order valence-electron chi connectivity index (χ0n) is 15.8. The number of carboxylic acid groups (broad SMARTS) is 1. The molecule has 0 saturated heterocycles. The molecule has 0 aromatic carbocycles. The molecule has 0 aliphatic rings. The molecular formula is C22H32O4. The molecule has 0 aromatic rings. The summed E-state index contributed by atoms with van der Waals surface area (Å²) in [6, 6.07) is 0. The van der Waals surface area contributed by atoms with Gasteiger partial charge in [-0.2, -0.15) is 0 Å². The first-order chi connectivity index (χ1) is 12.7. The van der Waals surface area contributed by atoms with Gasteiger partial charge in [0.15, 0.2) is 0 Å². The van der Waals surface area contributed by atoms with Crippen LogP contribution in [0.1, 0.15) is 64.7 Å². The van der Waals surface area contributed by atoms with Crippen LogP contribution in [0.2, 0.25) is 0 Å². The quantitative estimate of drug-likeness (QED) is 0.181. The highest BCUT2D eigenvalue weighted by Gasteiger charge is 2.04. The smallest absolute Gasteiger partial charge is 0.304 e. The Morgan fingerprint density at radius 3 is 2.35 bits per heavy atom. The lowest BCUT2D eigenvalue weighted by molar-refractivity contribution is -0.278. The SMILES string of the molecule is CCC=CC[C@@H](CCC=CCC=CCC=CCC#CCCC(=O)O)OO. The number of hydrogen-bond acceptors (Lipinski definition) is 3. The molecule has 2 N–H and O–H groups in total. The summed E-state index contributed by atoms with van der Waals surface area (Å²) >= 11 is 0.